The van der Waals surface area contributed by atoms with Crippen molar-refractivity contribution in [2.24, 2.45) is 0 Å². The van der Waals surface area contributed by atoms with E-state index in [9.17, 15) is 4.21 Å². The maximum atomic E-state index is 13.5. The Morgan fingerprint density at radius 2 is 1.79 bits per heavy atom. The van der Waals surface area contributed by atoms with Gasteiger partial charge in [0.05, 0.1) is 46.5 Å². The number of ether oxygens (including phenoxy) is 3. The number of pyridine rings is 1. The summed E-state index contributed by atoms with van der Waals surface area (Å²) in [4.78, 5) is 9.13. The van der Waals surface area contributed by atoms with Crippen molar-refractivity contribution in [3.8, 4) is 5.75 Å². The average molecular weight is 480 g/mol. The van der Waals surface area contributed by atoms with E-state index < -0.39 is 10.8 Å². The standard InChI is InChI=1S/C26H29N3O4S/c1-20-23(27-14-13-25(20)33-16-8-15-31-2)18-34(30)26-28-22-11-6-7-12-24(22)29(26)19-32-17-21-9-4-3-5-10-21/h3-7,9-14H,8,15-19H2,1-2H3/t34-/m1/s1. The third kappa shape index (κ3) is 5.88. The van der Waals surface area contributed by atoms with Gasteiger partial charge >= 0.3 is 0 Å². The number of benzene rings is 2. The number of imidazole rings is 1. The Bertz CT molecular complexity index is 1240. The van der Waals surface area contributed by atoms with Crippen molar-refractivity contribution in [1.82, 2.24) is 14.5 Å². The quantitative estimate of drug-likeness (QED) is 0.276. The van der Waals surface area contributed by atoms with Gasteiger partial charge in [0.25, 0.3) is 0 Å². The molecule has 8 heteroatoms. The summed E-state index contributed by atoms with van der Waals surface area (Å²) in [6.45, 7) is 3.85. The van der Waals surface area contributed by atoms with Crippen LogP contribution in [0.25, 0.3) is 11.0 Å². The zero-order chi connectivity index (χ0) is 23.8. The van der Waals surface area contributed by atoms with E-state index in [1.54, 1.807) is 13.3 Å². The lowest BCUT2D eigenvalue weighted by Gasteiger charge is -2.13. The van der Waals surface area contributed by atoms with Crippen LogP contribution in [0.5, 0.6) is 5.75 Å². The van der Waals surface area contributed by atoms with Crippen LogP contribution in [0.2, 0.25) is 0 Å². The van der Waals surface area contributed by atoms with Crippen molar-refractivity contribution in [3.63, 3.8) is 0 Å². The molecule has 0 spiro atoms. The molecule has 0 aliphatic heterocycles. The first-order chi connectivity index (χ1) is 16.7. The van der Waals surface area contributed by atoms with Crippen molar-refractivity contribution in [2.45, 2.75) is 37.6 Å². The number of para-hydroxylation sites is 2. The van der Waals surface area contributed by atoms with Gasteiger partial charge in [0, 0.05) is 31.9 Å². The molecular formula is C26H29N3O4S. The smallest absolute Gasteiger partial charge is 0.202 e. The van der Waals surface area contributed by atoms with Gasteiger partial charge in [-0.25, -0.2) is 4.98 Å². The van der Waals surface area contributed by atoms with E-state index in [1.165, 1.54) is 0 Å². The minimum absolute atomic E-state index is 0.239. The monoisotopic (exact) mass is 479 g/mol. The van der Waals surface area contributed by atoms with E-state index in [-0.39, 0.29) is 12.5 Å². The van der Waals surface area contributed by atoms with Crippen LogP contribution in [-0.4, -0.2) is 39.1 Å². The number of aromatic nitrogens is 3. The van der Waals surface area contributed by atoms with E-state index in [2.05, 4.69) is 9.97 Å². The molecule has 0 saturated carbocycles. The van der Waals surface area contributed by atoms with Crippen LogP contribution in [-0.2, 0) is 39.4 Å². The fourth-order valence-corrected chi connectivity index (χ4v) is 4.88. The second kappa shape index (κ2) is 11.9. The van der Waals surface area contributed by atoms with E-state index in [0.717, 1.165) is 40.0 Å². The molecule has 34 heavy (non-hydrogen) atoms. The molecule has 4 rings (SSSR count). The van der Waals surface area contributed by atoms with Gasteiger partial charge in [-0.2, -0.15) is 0 Å². The average Bonchev–Trinajstić information content (AvgIpc) is 3.23. The Morgan fingerprint density at radius 1 is 1.00 bits per heavy atom. The van der Waals surface area contributed by atoms with E-state index in [0.29, 0.717) is 25.0 Å². The predicted molar refractivity (Wildman–Crippen MR) is 132 cm³/mol. The van der Waals surface area contributed by atoms with Crippen molar-refractivity contribution in [1.29, 1.82) is 0 Å². The second-order valence-corrected chi connectivity index (χ2v) is 9.18. The third-order valence-electron chi connectivity index (χ3n) is 5.43. The Kier molecular flexibility index (Phi) is 8.41. The summed E-state index contributed by atoms with van der Waals surface area (Å²) in [7, 11) is 0.252. The number of fused-ring (bicyclic) bond motifs is 1. The summed E-state index contributed by atoms with van der Waals surface area (Å²) in [5.74, 6) is 0.987. The van der Waals surface area contributed by atoms with Crippen molar-refractivity contribution < 1.29 is 18.4 Å². The molecule has 7 nitrogen and oxygen atoms in total. The molecule has 178 valence electrons. The summed E-state index contributed by atoms with van der Waals surface area (Å²) in [6.07, 6.45) is 2.49. The first kappa shape index (κ1) is 24.1. The van der Waals surface area contributed by atoms with Crippen LogP contribution in [0.3, 0.4) is 0 Å². The zero-order valence-electron chi connectivity index (χ0n) is 19.5. The largest absolute Gasteiger partial charge is 0.493 e. The van der Waals surface area contributed by atoms with Crippen LogP contribution in [0.4, 0.5) is 0 Å². The van der Waals surface area contributed by atoms with Gasteiger partial charge in [0.2, 0.25) is 5.16 Å². The summed E-state index contributed by atoms with van der Waals surface area (Å²) < 4.78 is 32.3. The third-order valence-corrected chi connectivity index (χ3v) is 6.69. The van der Waals surface area contributed by atoms with Gasteiger partial charge < -0.3 is 14.2 Å². The molecule has 0 N–H and O–H groups in total. The van der Waals surface area contributed by atoms with E-state index in [1.807, 2.05) is 72.2 Å². The molecule has 0 bridgehead atoms. The molecule has 0 aliphatic rings. The van der Waals surface area contributed by atoms with E-state index >= 15 is 0 Å². The SMILES string of the molecule is COCCCOc1ccnc(C[S@@](=O)c2nc3ccccc3n2COCc2ccccc2)c1C. The summed E-state index contributed by atoms with van der Waals surface area (Å²) in [5.41, 5.74) is 4.37. The number of nitrogens with zero attached hydrogens (tertiary/aromatic N) is 3. The fraction of sp³-hybridized carbons (Fsp3) is 0.308. The Morgan fingerprint density at radius 3 is 2.62 bits per heavy atom. The van der Waals surface area contributed by atoms with Crippen molar-refractivity contribution in [3.05, 3.63) is 83.7 Å². The van der Waals surface area contributed by atoms with Crippen molar-refractivity contribution in [2.75, 3.05) is 20.3 Å². The Labute approximate surface area is 202 Å². The van der Waals surface area contributed by atoms with Crippen LogP contribution in [0, 0.1) is 6.92 Å². The van der Waals surface area contributed by atoms with Crippen LogP contribution in [0.15, 0.2) is 72.0 Å². The van der Waals surface area contributed by atoms with Gasteiger partial charge in [-0.1, -0.05) is 42.5 Å². The molecule has 0 amide bonds. The van der Waals surface area contributed by atoms with Crippen LogP contribution < -0.4 is 4.74 Å². The summed E-state index contributed by atoms with van der Waals surface area (Å²) in [5, 5.41) is 0.474. The highest BCUT2D eigenvalue weighted by atomic mass is 32.2. The van der Waals surface area contributed by atoms with Gasteiger partial charge in [0.15, 0.2) is 0 Å². The molecule has 4 aromatic rings. The molecule has 1 atom stereocenters. The second-order valence-electron chi connectivity index (χ2n) is 7.84. The highest BCUT2D eigenvalue weighted by Gasteiger charge is 2.19. The first-order valence-electron chi connectivity index (χ1n) is 11.2. The molecule has 0 aliphatic carbocycles. The highest BCUT2D eigenvalue weighted by molar-refractivity contribution is 7.84. The lowest BCUT2D eigenvalue weighted by Crippen LogP contribution is -2.11. The normalized spacial score (nSPS) is 12.2. The number of hydrogen-bond acceptors (Lipinski definition) is 6. The summed E-state index contributed by atoms with van der Waals surface area (Å²) in [6, 6.07) is 19.6. The summed E-state index contributed by atoms with van der Waals surface area (Å²) >= 11 is 0. The van der Waals surface area contributed by atoms with E-state index in [4.69, 9.17) is 14.2 Å². The molecular weight excluding hydrogens is 450 g/mol. The molecule has 2 aromatic carbocycles. The maximum Gasteiger partial charge on any atom is 0.202 e. The molecule has 2 aromatic heterocycles. The van der Waals surface area contributed by atoms with Gasteiger partial charge in [-0.3, -0.25) is 13.8 Å². The first-order valence-corrected chi connectivity index (χ1v) is 12.5. The number of methoxy groups -OCH3 is 1. The fourth-order valence-electron chi connectivity index (χ4n) is 3.62. The van der Waals surface area contributed by atoms with Crippen LogP contribution in [0.1, 0.15) is 23.2 Å². The minimum atomic E-state index is -1.42. The molecule has 0 radical (unpaired) electrons. The zero-order valence-corrected chi connectivity index (χ0v) is 20.3. The number of rotatable bonds is 12. The maximum absolute atomic E-state index is 13.5. The Balaban J connectivity index is 1.51. The number of hydrogen-bond donors (Lipinski definition) is 0. The van der Waals surface area contributed by atoms with Crippen LogP contribution >= 0.6 is 0 Å². The van der Waals surface area contributed by atoms with Gasteiger partial charge in [0.1, 0.15) is 12.5 Å². The molecule has 0 saturated heterocycles. The lowest BCUT2D eigenvalue weighted by atomic mass is 10.2. The van der Waals surface area contributed by atoms with Crippen molar-refractivity contribution >= 4 is 21.8 Å². The topological polar surface area (TPSA) is 75.5 Å². The lowest BCUT2D eigenvalue weighted by molar-refractivity contribution is 0.0611. The molecule has 0 fully saturated rings. The molecule has 2 heterocycles. The minimum Gasteiger partial charge on any atom is -0.493 e. The van der Waals surface area contributed by atoms with Gasteiger partial charge in [-0.15, -0.1) is 0 Å². The Hall–Kier alpha value is -3.07. The predicted octanol–water partition coefficient (Wildman–Crippen LogP) is 4.64. The highest BCUT2D eigenvalue weighted by Crippen LogP contribution is 2.24. The van der Waals surface area contributed by atoms with Gasteiger partial charge in [-0.05, 0) is 30.7 Å². The molecule has 0 unspecified atom stereocenters.